The predicted molar refractivity (Wildman–Crippen MR) is 110 cm³/mol. The summed E-state index contributed by atoms with van der Waals surface area (Å²) in [5, 5.41) is 15.8. The normalized spacial score (nSPS) is 10.9. The minimum Gasteiger partial charge on any atom is -0.390 e. The van der Waals surface area contributed by atoms with Gasteiger partial charge in [-0.05, 0) is 17.9 Å². The van der Waals surface area contributed by atoms with Crippen LogP contribution >= 0.6 is 11.8 Å². The smallest absolute Gasteiger partial charge is 0.240 e. The summed E-state index contributed by atoms with van der Waals surface area (Å²) in [6, 6.07) is 9.68. The van der Waals surface area contributed by atoms with Gasteiger partial charge in [-0.2, -0.15) is 0 Å². The maximum absolute atomic E-state index is 12.2. The third-order valence-corrected chi connectivity index (χ3v) is 5.06. The summed E-state index contributed by atoms with van der Waals surface area (Å²) in [6.07, 6.45) is 2.44. The lowest BCUT2D eigenvalue weighted by Gasteiger charge is -2.12. The monoisotopic (exact) mass is 404 g/mol. The molecule has 0 aliphatic heterocycles. The van der Waals surface area contributed by atoms with Crippen molar-refractivity contribution in [2.45, 2.75) is 45.1 Å². The molecule has 152 valence electrons. The summed E-state index contributed by atoms with van der Waals surface area (Å²) in [4.78, 5) is 28.5. The number of hydrogen-bond acceptors (Lipinski definition) is 5. The molecule has 0 fully saturated rings. The summed E-state index contributed by atoms with van der Waals surface area (Å²) in [7, 11) is 0. The van der Waals surface area contributed by atoms with Crippen LogP contribution in [0.15, 0.2) is 41.7 Å². The first-order valence-electron chi connectivity index (χ1n) is 9.35. The number of nitrogens with one attached hydrogen (secondary N) is 2. The van der Waals surface area contributed by atoms with Crippen molar-refractivity contribution in [3.63, 3.8) is 0 Å². The number of amides is 2. The van der Waals surface area contributed by atoms with Gasteiger partial charge in [0.1, 0.15) is 6.54 Å². The van der Waals surface area contributed by atoms with Crippen molar-refractivity contribution in [2.24, 2.45) is 5.92 Å². The molecule has 0 saturated carbocycles. The molecule has 0 unspecified atom stereocenters. The molecule has 2 amide bonds. The lowest BCUT2D eigenvalue weighted by molar-refractivity contribution is -0.122. The highest BCUT2D eigenvalue weighted by atomic mass is 32.2. The molecule has 0 aliphatic carbocycles. The van der Waals surface area contributed by atoms with E-state index < -0.39 is 0 Å². The van der Waals surface area contributed by atoms with Crippen molar-refractivity contribution in [2.75, 3.05) is 12.3 Å². The molecule has 1 aromatic heterocycles. The third-order valence-electron chi connectivity index (χ3n) is 4.07. The summed E-state index contributed by atoms with van der Waals surface area (Å²) in [6.45, 7) is 5.14. The van der Waals surface area contributed by atoms with Crippen LogP contribution in [0.1, 0.15) is 31.5 Å². The van der Waals surface area contributed by atoms with Crippen molar-refractivity contribution in [1.82, 2.24) is 20.2 Å². The summed E-state index contributed by atoms with van der Waals surface area (Å²) in [5.41, 5.74) is 1.58. The molecule has 2 aromatic rings. The first-order chi connectivity index (χ1) is 13.5. The molecule has 0 spiro atoms. The second-order valence-corrected chi connectivity index (χ2v) is 7.80. The van der Waals surface area contributed by atoms with E-state index >= 15 is 0 Å². The number of aliphatic hydroxyl groups is 1. The Morgan fingerprint density at radius 2 is 1.93 bits per heavy atom. The van der Waals surface area contributed by atoms with Crippen LogP contribution < -0.4 is 10.6 Å². The van der Waals surface area contributed by atoms with Gasteiger partial charge in [0.25, 0.3) is 0 Å². The second-order valence-electron chi connectivity index (χ2n) is 6.86. The van der Waals surface area contributed by atoms with Gasteiger partial charge in [0, 0.05) is 13.1 Å². The highest BCUT2D eigenvalue weighted by Gasteiger charge is 2.15. The molecule has 0 atom stereocenters. The Bertz CT molecular complexity index is 762. The maximum atomic E-state index is 12.2. The minimum atomic E-state index is -0.215. The van der Waals surface area contributed by atoms with Crippen LogP contribution in [0.25, 0.3) is 0 Å². The zero-order valence-corrected chi connectivity index (χ0v) is 17.2. The molecule has 0 bridgehead atoms. The van der Waals surface area contributed by atoms with E-state index in [0.717, 1.165) is 12.0 Å². The van der Waals surface area contributed by atoms with Gasteiger partial charge in [-0.25, -0.2) is 4.98 Å². The molecule has 8 heteroatoms. The zero-order valence-electron chi connectivity index (χ0n) is 16.4. The molecule has 28 heavy (non-hydrogen) atoms. The first kappa shape index (κ1) is 22.0. The largest absolute Gasteiger partial charge is 0.390 e. The number of hydrogen-bond donors (Lipinski definition) is 3. The number of carbonyl (C=O) groups is 2. The molecule has 3 N–H and O–H groups in total. The fourth-order valence-corrected chi connectivity index (χ4v) is 3.31. The highest BCUT2D eigenvalue weighted by molar-refractivity contribution is 7.99. The minimum absolute atomic E-state index is 0.0714. The molecule has 0 radical (unpaired) electrons. The van der Waals surface area contributed by atoms with Gasteiger partial charge < -0.3 is 20.3 Å². The topological polar surface area (TPSA) is 96.2 Å². The van der Waals surface area contributed by atoms with Gasteiger partial charge >= 0.3 is 0 Å². The summed E-state index contributed by atoms with van der Waals surface area (Å²) >= 11 is 1.25. The quantitative estimate of drug-likeness (QED) is 0.498. The number of benzene rings is 1. The van der Waals surface area contributed by atoms with E-state index in [0.29, 0.717) is 29.9 Å². The van der Waals surface area contributed by atoms with Crippen LogP contribution in [-0.2, 0) is 29.3 Å². The van der Waals surface area contributed by atoms with E-state index in [-0.39, 0.29) is 30.7 Å². The van der Waals surface area contributed by atoms with E-state index in [9.17, 15) is 14.7 Å². The molecule has 1 aromatic carbocycles. The zero-order chi connectivity index (χ0) is 20.4. The molecule has 0 saturated heterocycles. The van der Waals surface area contributed by atoms with E-state index in [2.05, 4.69) is 29.5 Å². The van der Waals surface area contributed by atoms with Gasteiger partial charge in [-0.3, -0.25) is 9.59 Å². The summed E-state index contributed by atoms with van der Waals surface area (Å²) < 4.78 is 1.65. The third kappa shape index (κ3) is 7.36. The number of carbonyl (C=O) groups excluding carboxylic acids is 2. The molecule has 7 nitrogen and oxygen atoms in total. The van der Waals surface area contributed by atoms with Crippen LogP contribution in [-0.4, -0.2) is 38.8 Å². The van der Waals surface area contributed by atoms with E-state index in [1.165, 1.54) is 18.0 Å². The number of imidazole rings is 1. The maximum Gasteiger partial charge on any atom is 0.240 e. The van der Waals surface area contributed by atoms with Crippen LogP contribution in [0.2, 0.25) is 0 Å². The van der Waals surface area contributed by atoms with E-state index in [1.54, 1.807) is 4.57 Å². The number of aliphatic hydroxyl groups excluding tert-OH is 1. The number of aromatic nitrogens is 2. The predicted octanol–water partition coefficient (Wildman–Crippen LogP) is 1.95. The Kier molecular flexibility index (Phi) is 9.03. The number of thioether (sulfide) groups is 1. The SMILES string of the molecule is CC(C)CCNC(=O)Cn1c(CO)cnc1SCC(=O)NCc1ccccc1. The van der Waals surface area contributed by atoms with Gasteiger partial charge in [-0.15, -0.1) is 0 Å². The van der Waals surface area contributed by atoms with Crippen LogP contribution in [0.3, 0.4) is 0 Å². The highest BCUT2D eigenvalue weighted by Crippen LogP contribution is 2.18. The van der Waals surface area contributed by atoms with Crippen molar-refractivity contribution in [3.05, 3.63) is 47.8 Å². The van der Waals surface area contributed by atoms with Crippen LogP contribution in [0.4, 0.5) is 0 Å². The van der Waals surface area contributed by atoms with Gasteiger partial charge in [0.2, 0.25) is 11.8 Å². The van der Waals surface area contributed by atoms with E-state index in [4.69, 9.17) is 0 Å². The molecular weight excluding hydrogens is 376 g/mol. The van der Waals surface area contributed by atoms with Crippen molar-refractivity contribution in [1.29, 1.82) is 0 Å². The van der Waals surface area contributed by atoms with Gasteiger partial charge in [-0.1, -0.05) is 55.9 Å². The molecule has 0 aliphatic rings. The molecule has 2 rings (SSSR count). The number of rotatable bonds is 11. The Balaban J connectivity index is 1.86. The fourth-order valence-electron chi connectivity index (χ4n) is 2.48. The standard InChI is InChI=1S/C20H28N4O3S/c1-15(2)8-9-21-18(26)12-24-17(13-25)11-23-20(24)28-14-19(27)22-10-16-6-4-3-5-7-16/h3-7,11,15,25H,8-10,12-14H2,1-2H3,(H,21,26)(H,22,27). The Morgan fingerprint density at radius 1 is 1.18 bits per heavy atom. The Morgan fingerprint density at radius 3 is 2.61 bits per heavy atom. The van der Waals surface area contributed by atoms with Gasteiger partial charge in [0.05, 0.1) is 24.3 Å². The first-order valence-corrected chi connectivity index (χ1v) is 10.3. The molecular formula is C20H28N4O3S. The Labute approximate surface area is 169 Å². The number of nitrogens with zero attached hydrogens (tertiary/aromatic N) is 2. The van der Waals surface area contributed by atoms with Crippen molar-refractivity contribution < 1.29 is 14.7 Å². The van der Waals surface area contributed by atoms with Gasteiger partial charge in [0.15, 0.2) is 5.16 Å². The molecule has 1 heterocycles. The lowest BCUT2D eigenvalue weighted by Crippen LogP contribution is -2.30. The van der Waals surface area contributed by atoms with E-state index in [1.807, 2.05) is 30.3 Å². The average Bonchev–Trinajstić information content (AvgIpc) is 3.06. The Hall–Kier alpha value is -2.32. The summed E-state index contributed by atoms with van der Waals surface area (Å²) in [5.74, 6) is 0.449. The second kappa shape index (κ2) is 11.5. The van der Waals surface area contributed by atoms with Crippen LogP contribution in [0.5, 0.6) is 0 Å². The van der Waals surface area contributed by atoms with Crippen molar-refractivity contribution >= 4 is 23.6 Å². The lowest BCUT2D eigenvalue weighted by atomic mass is 10.1. The fraction of sp³-hybridized carbons (Fsp3) is 0.450. The van der Waals surface area contributed by atoms with Crippen LogP contribution in [0, 0.1) is 5.92 Å². The van der Waals surface area contributed by atoms with Crippen molar-refractivity contribution in [3.8, 4) is 0 Å². The average molecular weight is 405 g/mol.